The number of aromatic nitrogens is 4. The van der Waals surface area contributed by atoms with Gasteiger partial charge in [0.05, 0.1) is 5.71 Å². The molecule has 2 aromatic heterocycles. The molecule has 0 unspecified atom stereocenters. The molecule has 0 saturated heterocycles. The van der Waals surface area contributed by atoms with Crippen LogP contribution < -0.4 is 5.43 Å². The van der Waals surface area contributed by atoms with Crippen LogP contribution in [0, 0.1) is 13.8 Å². The van der Waals surface area contributed by atoms with Crippen molar-refractivity contribution in [1.29, 1.82) is 0 Å². The third-order valence-corrected chi connectivity index (χ3v) is 4.98. The fourth-order valence-corrected chi connectivity index (χ4v) is 3.42. The number of fused-ring (bicyclic) bond motifs is 1. The van der Waals surface area contributed by atoms with Gasteiger partial charge in [-0.1, -0.05) is 60.7 Å². The minimum Gasteiger partial charge on any atom is -0.273 e. The van der Waals surface area contributed by atoms with E-state index in [-0.39, 0.29) is 5.91 Å². The lowest BCUT2D eigenvalue weighted by Crippen LogP contribution is -2.21. The Hall–Kier alpha value is -3.87. The van der Waals surface area contributed by atoms with Crippen molar-refractivity contribution in [2.24, 2.45) is 5.10 Å². The van der Waals surface area contributed by atoms with E-state index < -0.39 is 0 Å². The van der Waals surface area contributed by atoms with Crippen molar-refractivity contribution < 1.29 is 4.79 Å². The number of carbonyl (C=O) groups is 1. The van der Waals surface area contributed by atoms with Crippen LogP contribution in [0.25, 0.3) is 5.78 Å². The Balaban J connectivity index is 1.51. The lowest BCUT2D eigenvalue weighted by molar-refractivity contribution is -0.121. The van der Waals surface area contributed by atoms with Crippen molar-refractivity contribution in [3.05, 3.63) is 95.1 Å². The second-order valence-electron chi connectivity index (χ2n) is 6.96. The van der Waals surface area contributed by atoms with Crippen molar-refractivity contribution in [1.82, 2.24) is 25.0 Å². The SMILES string of the molecule is Cc1nc2ncnn2c(C)c1CCC(=O)NN=C(c1ccccc1)c1ccccc1. The molecule has 0 saturated carbocycles. The molecule has 0 radical (unpaired) electrons. The highest BCUT2D eigenvalue weighted by molar-refractivity contribution is 6.13. The zero-order valence-electron chi connectivity index (χ0n) is 16.9. The van der Waals surface area contributed by atoms with E-state index >= 15 is 0 Å². The minimum absolute atomic E-state index is 0.156. The number of rotatable bonds is 6. The topological polar surface area (TPSA) is 84.5 Å². The van der Waals surface area contributed by atoms with Gasteiger partial charge in [0.25, 0.3) is 5.78 Å². The van der Waals surface area contributed by atoms with Crippen LogP contribution in [0.4, 0.5) is 0 Å². The highest BCUT2D eigenvalue weighted by atomic mass is 16.2. The summed E-state index contributed by atoms with van der Waals surface area (Å²) in [5, 5.41) is 8.63. The normalized spacial score (nSPS) is 10.7. The Morgan fingerprint density at radius 2 is 1.63 bits per heavy atom. The van der Waals surface area contributed by atoms with E-state index in [9.17, 15) is 4.79 Å². The van der Waals surface area contributed by atoms with Crippen LogP contribution in [0.2, 0.25) is 0 Å². The van der Waals surface area contributed by atoms with Crippen molar-refractivity contribution >= 4 is 17.4 Å². The first kappa shape index (κ1) is 19.4. The standard InChI is InChI=1S/C23H22N6O/c1-16-20(17(2)29-23(26-16)24-15-25-29)13-14-21(30)27-28-22(18-9-5-3-6-10-18)19-11-7-4-8-12-19/h3-12,15H,13-14H2,1-2H3,(H,27,30). The third-order valence-electron chi connectivity index (χ3n) is 4.98. The second-order valence-corrected chi connectivity index (χ2v) is 6.96. The summed E-state index contributed by atoms with van der Waals surface area (Å²) in [7, 11) is 0. The van der Waals surface area contributed by atoms with Crippen LogP contribution in [0.15, 0.2) is 72.1 Å². The van der Waals surface area contributed by atoms with Crippen LogP contribution in [0.5, 0.6) is 0 Å². The van der Waals surface area contributed by atoms with Gasteiger partial charge in [-0.2, -0.15) is 15.2 Å². The maximum atomic E-state index is 12.5. The van der Waals surface area contributed by atoms with Crippen LogP contribution in [0.3, 0.4) is 0 Å². The predicted molar refractivity (Wildman–Crippen MR) is 115 cm³/mol. The number of hydrogen-bond acceptors (Lipinski definition) is 5. The van der Waals surface area contributed by atoms with Crippen LogP contribution in [-0.2, 0) is 11.2 Å². The number of aryl methyl sites for hydroxylation is 2. The lowest BCUT2D eigenvalue weighted by Gasteiger charge is -2.10. The molecular weight excluding hydrogens is 376 g/mol. The minimum atomic E-state index is -0.156. The van der Waals surface area contributed by atoms with E-state index in [4.69, 9.17) is 0 Å². The third kappa shape index (κ3) is 4.10. The molecule has 0 bridgehead atoms. The molecule has 2 aromatic carbocycles. The van der Waals surface area contributed by atoms with Crippen LogP contribution >= 0.6 is 0 Å². The van der Waals surface area contributed by atoms with Crippen LogP contribution in [-0.4, -0.2) is 31.2 Å². The van der Waals surface area contributed by atoms with Gasteiger partial charge in [-0.3, -0.25) is 4.79 Å². The summed E-state index contributed by atoms with van der Waals surface area (Å²) < 4.78 is 1.70. The number of hydrazone groups is 1. The summed E-state index contributed by atoms with van der Waals surface area (Å²) in [6, 6.07) is 19.6. The maximum absolute atomic E-state index is 12.5. The highest BCUT2D eigenvalue weighted by Gasteiger charge is 2.13. The summed E-state index contributed by atoms with van der Waals surface area (Å²) in [6.07, 6.45) is 2.33. The molecule has 4 rings (SSSR count). The van der Waals surface area contributed by atoms with E-state index in [1.807, 2.05) is 74.5 Å². The molecular formula is C23H22N6O. The summed E-state index contributed by atoms with van der Waals surface area (Å²) in [4.78, 5) is 21.1. The number of carbonyl (C=O) groups excluding carboxylic acids is 1. The number of nitrogens with zero attached hydrogens (tertiary/aromatic N) is 5. The van der Waals surface area contributed by atoms with Gasteiger partial charge in [0.1, 0.15) is 6.33 Å². The van der Waals surface area contributed by atoms with Crippen LogP contribution in [0.1, 0.15) is 34.5 Å². The first-order chi connectivity index (χ1) is 14.6. The Kier molecular flexibility index (Phi) is 5.61. The second kappa shape index (κ2) is 8.65. The van der Waals surface area contributed by atoms with E-state index in [1.165, 1.54) is 6.33 Å². The first-order valence-corrected chi connectivity index (χ1v) is 9.76. The Morgan fingerprint density at radius 1 is 1.00 bits per heavy atom. The lowest BCUT2D eigenvalue weighted by atomic mass is 10.0. The molecule has 1 N–H and O–H groups in total. The highest BCUT2D eigenvalue weighted by Crippen LogP contribution is 2.15. The molecule has 7 nitrogen and oxygen atoms in total. The molecule has 0 fully saturated rings. The average molecular weight is 398 g/mol. The molecule has 150 valence electrons. The van der Waals surface area contributed by atoms with Gasteiger partial charge in [-0.25, -0.2) is 14.9 Å². The van der Waals surface area contributed by atoms with Gasteiger partial charge in [0.15, 0.2) is 0 Å². The summed E-state index contributed by atoms with van der Waals surface area (Å²) >= 11 is 0. The number of amides is 1. The number of nitrogens with one attached hydrogen (secondary N) is 1. The number of hydrogen-bond donors (Lipinski definition) is 1. The average Bonchev–Trinajstić information content (AvgIpc) is 3.24. The zero-order chi connectivity index (χ0) is 20.9. The monoisotopic (exact) mass is 398 g/mol. The molecule has 4 aromatic rings. The molecule has 0 aliphatic rings. The molecule has 30 heavy (non-hydrogen) atoms. The summed E-state index contributed by atoms with van der Waals surface area (Å²) in [6.45, 7) is 3.89. The van der Waals surface area contributed by atoms with E-state index in [0.29, 0.717) is 18.6 Å². The van der Waals surface area contributed by atoms with E-state index in [2.05, 4.69) is 25.6 Å². The molecule has 2 heterocycles. The molecule has 1 amide bonds. The van der Waals surface area contributed by atoms with Gasteiger partial charge >= 0.3 is 0 Å². The molecule has 0 aliphatic carbocycles. The van der Waals surface area contributed by atoms with Gasteiger partial charge < -0.3 is 0 Å². The van der Waals surface area contributed by atoms with E-state index in [0.717, 1.165) is 33.8 Å². The quantitative estimate of drug-likeness (QED) is 0.399. The van der Waals surface area contributed by atoms with E-state index in [1.54, 1.807) is 4.52 Å². The van der Waals surface area contributed by atoms with Crippen molar-refractivity contribution in [2.75, 3.05) is 0 Å². The molecule has 0 spiro atoms. The molecule has 0 atom stereocenters. The summed E-state index contributed by atoms with van der Waals surface area (Å²) in [5.41, 5.74) is 8.13. The first-order valence-electron chi connectivity index (χ1n) is 9.76. The van der Waals surface area contributed by atoms with Crippen molar-refractivity contribution in [2.45, 2.75) is 26.7 Å². The Morgan fingerprint density at radius 3 is 2.27 bits per heavy atom. The smallest absolute Gasteiger partial charge is 0.252 e. The molecule has 7 heteroatoms. The van der Waals surface area contributed by atoms with Gasteiger partial charge in [-0.05, 0) is 25.8 Å². The largest absolute Gasteiger partial charge is 0.273 e. The molecule has 0 aliphatic heterocycles. The van der Waals surface area contributed by atoms with Crippen molar-refractivity contribution in [3.63, 3.8) is 0 Å². The van der Waals surface area contributed by atoms with Gasteiger partial charge in [0.2, 0.25) is 5.91 Å². The maximum Gasteiger partial charge on any atom is 0.252 e. The zero-order valence-corrected chi connectivity index (χ0v) is 16.9. The Labute approximate surface area is 174 Å². The summed E-state index contributed by atoms with van der Waals surface area (Å²) in [5.74, 6) is 0.412. The van der Waals surface area contributed by atoms with Gasteiger partial charge in [0, 0.05) is 28.9 Å². The fourth-order valence-electron chi connectivity index (χ4n) is 3.42. The Bertz CT molecular complexity index is 1160. The van der Waals surface area contributed by atoms with Gasteiger partial charge in [-0.15, -0.1) is 0 Å². The van der Waals surface area contributed by atoms with Crippen molar-refractivity contribution in [3.8, 4) is 0 Å². The fraction of sp³-hybridized carbons (Fsp3) is 0.174. The predicted octanol–water partition coefficient (Wildman–Crippen LogP) is 3.24. The number of benzene rings is 2.